The second kappa shape index (κ2) is 6.76. The summed E-state index contributed by atoms with van der Waals surface area (Å²) in [6.07, 6.45) is 0. The minimum atomic E-state index is -0.498. The second-order valence-corrected chi connectivity index (χ2v) is 5.47. The van der Waals surface area contributed by atoms with E-state index in [0.29, 0.717) is 27.8 Å². The molecule has 0 amide bonds. The van der Waals surface area contributed by atoms with Crippen molar-refractivity contribution in [2.45, 2.75) is 0 Å². The molecule has 3 rings (SSSR count). The van der Waals surface area contributed by atoms with E-state index in [9.17, 15) is 4.79 Å². The highest BCUT2D eigenvalue weighted by atomic mass is 35.5. The topological polar surface area (TPSA) is 63.8 Å². The predicted octanol–water partition coefficient (Wildman–Crippen LogP) is 3.94. The molecular formula is C18H15ClN2O3. The summed E-state index contributed by atoms with van der Waals surface area (Å²) in [4.78, 5) is 16.6. The number of methoxy groups -OCH3 is 1. The maximum absolute atomic E-state index is 12.4. The van der Waals surface area contributed by atoms with Crippen LogP contribution in [0, 0.1) is 0 Å². The highest BCUT2D eigenvalue weighted by Gasteiger charge is 2.14. The van der Waals surface area contributed by atoms with Gasteiger partial charge in [0.1, 0.15) is 11.4 Å². The van der Waals surface area contributed by atoms with E-state index in [1.54, 1.807) is 31.3 Å². The molecule has 0 saturated heterocycles. The quantitative estimate of drug-likeness (QED) is 0.445. The summed E-state index contributed by atoms with van der Waals surface area (Å²) in [6, 6.07) is 14.3. The third kappa shape index (κ3) is 3.12. The van der Waals surface area contributed by atoms with Gasteiger partial charge in [-0.15, -0.1) is 0 Å². The van der Waals surface area contributed by atoms with Crippen LogP contribution in [0.5, 0.6) is 5.75 Å². The Morgan fingerprint density at radius 3 is 2.71 bits per heavy atom. The number of hydrogen-bond donors (Lipinski definition) is 1. The van der Waals surface area contributed by atoms with Crippen molar-refractivity contribution in [1.29, 1.82) is 0 Å². The van der Waals surface area contributed by atoms with Gasteiger partial charge in [-0.3, -0.25) is 4.99 Å². The highest BCUT2D eigenvalue weighted by Crippen LogP contribution is 2.25. The third-order valence-corrected chi connectivity index (χ3v) is 3.74. The largest absolute Gasteiger partial charge is 0.493 e. The predicted molar refractivity (Wildman–Crippen MR) is 96.6 cm³/mol. The van der Waals surface area contributed by atoms with Crippen LogP contribution in [-0.2, 0) is 0 Å². The normalized spacial score (nSPS) is 11.5. The van der Waals surface area contributed by atoms with Crippen LogP contribution < -0.4 is 15.7 Å². The lowest BCUT2D eigenvalue weighted by Crippen LogP contribution is -2.21. The number of rotatable bonds is 3. The van der Waals surface area contributed by atoms with E-state index in [2.05, 4.69) is 10.3 Å². The van der Waals surface area contributed by atoms with E-state index >= 15 is 0 Å². The Hall–Kier alpha value is -2.79. The van der Waals surface area contributed by atoms with Crippen LogP contribution in [0.1, 0.15) is 5.56 Å². The van der Waals surface area contributed by atoms with E-state index < -0.39 is 5.63 Å². The van der Waals surface area contributed by atoms with E-state index in [4.69, 9.17) is 20.8 Å². The molecule has 24 heavy (non-hydrogen) atoms. The monoisotopic (exact) mass is 342 g/mol. The lowest BCUT2D eigenvalue weighted by molar-refractivity contribution is 0.406. The summed E-state index contributed by atoms with van der Waals surface area (Å²) in [5.41, 5.74) is 0.973. The Morgan fingerprint density at radius 2 is 2.00 bits per heavy atom. The first kappa shape index (κ1) is 16.1. The van der Waals surface area contributed by atoms with E-state index in [1.807, 2.05) is 24.3 Å². The summed E-state index contributed by atoms with van der Waals surface area (Å²) in [5.74, 6) is 0.907. The summed E-state index contributed by atoms with van der Waals surface area (Å²) >= 11 is 5.99. The van der Waals surface area contributed by atoms with Crippen molar-refractivity contribution in [2.24, 2.45) is 4.99 Å². The summed E-state index contributed by atoms with van der Waals surface area (Å²) < 4.78 is 10.7. The zero-order valence-corrected chi connectivity index (χ0v) is 13.9. The molecule has 3 aromatic rings. The summed E-state index contributed by atoms with van der Waals surface area (Å²) in [6.45, 7) is 0. The zero-order chi connectivity index (χ0) is 17.1. The lowest BCUT2D eigenvalue weighted by Gasteiger charge is -2.10. The third-order valence-electron chi connectivity index (χ3n) is 3.51. The Bertz CT molecular complexity index is 979. The van der Waals surface area contributed by atoms with Crippen LogP contribution in [0.4, 0.5) is 5.69 Å². The van der Waals surface area contributed by atoms with E-state index in [0.717, 1.165) is 11.1 Å². The van der Waals surface area contributed by atoms with Crippen LogP contribution in [-0.4, -0.2) is 20.0 Å². The maximum atomic E-state index is 12.4. The number of amidine groups is 1. The molecule has 0 fully saturated rings. The van der Waals surface area contributed by atoms with Gasteiger partial charge < -0.3 is 14.5 Å². The molecule has 6 heteroatoms. The van der Waals surface area contributed by atoms with Crippen molar-refractivity contribution in [3.05, 3.63) is 69.5 Å². The SMILES string of the molecule is CN=C(Nc1cccc(Cl)c1)c1cc2cccc(OC)c2oc1=O. The fourth-order valence-corrected chi connectivity index (χ4v) is 2.58. The molecule has 0 bridgehead atoms. The Morgan fingerprint density at radius 1 is 1.21 bits per heavy atom. The van der Waals surface area contributed by atoms with Crippen molar-refractivity contribution in [2.75, 3.05) is 19.5 Å². The molecule has 0 spiro atoms. The number of nitrogens with zero attached hydrogens (tertiary/aromatic N) is 1. The van der Waals surface area contributed by atoms with Gasteiger partial charge in [-0.05, 0) is 30.3 Å². The summed E-state index contributed by atoms with van der Waals surface area (Å²) in [7, 11) is 3.13. The van der Waals surface area contributed by atoms with Crippen LogP contribution >= 0.6 is 11.6 Å². The van der Waals surface area contributed by atoms with Crippen LogP contribution in [0.3, 0.4) is 0 Å². The zero-order valence-electron chi connectivity index (χ0n) is 13.2. The molecule has 2 aromatic carbocycles. The number of nitrogens with one attached hydrogen (secondary N) is 1. The van der Waals surface area contributed by atoms with Crippen molar-refractivity contribution >= 4 is 34.1 Å². The molecule has 1 N–H and O–H groups in total. The Balaban J connectivity index is 2.07. The van der Waals surface area contributed by atoms with Gasteiger partial charge in [0.05, 0.1) is 7.11 Å². The number of anilines is 1. The fourth-order valence-electron chi connectivity index (χ4n) is 2.39. The van der Waals surface area contributed by atoms with Crippen LogP contribution in [0.25, 0.3) is 11.0 Å². The van der Waals surface area contributed by atoms with Crippen molar-refractivity contribution < 1.29 is 9.15 Å². The highest BCUT2D eigenvalue weighted by molar-refractivity contribution is 6.31. The molecular weight excluding hydrogens is 328 g/mol. The van der Waals surface area contributed by atoms with Gasteiger partial charge in [0.25, 0.3) is 0 Å². The molecule has 122 valence electrons. The molecule has 0 aliphatic heterocycles. The van der Waals surface area contributed by atoms with Gasteiger partial charge in [-0.1, -0.05) is 29.8 Å². The fraction of sp³-hybridized carbons (Fsp3) is 0.111. The standard InChI is InChI=1S/C18H15ClN2O3/c1-20-17(21-13-7-4-6-12(19)10-13)14-9-11-5-3-8-15(23-2)16(11)24-18(14)22/h3-10H,1-2H3,(H,20,21). The first-order valence-corrected chi connectivity index (χ1v) is 7.61. The van der Waals surface area contributed by atoms with Crippen molar-refractivity contribution in [1.82, 2.24) is 0 Å². The van der Waals surface area contributed by atoms with Gasteiger partial charge >= 0.3 is 5.63 Å². The van der Waals surface area contributed by atoms with Crippen LogP contribution in [0.2, 0.25) is 5.02 Å². The molecule has 0 saturated carbocycles. The average molecular weight is 343 g/mol. The van der Waals surface area contributed by atoms with Gasteiger partial charge in [0, 0.05) is 23.1 Å². The molecule has 5 nitrogen and oxygen atoms in total. The average Bonchev–Trinajstić information content (AvgIpc) is 2.59. The molecule has 0 aliphatic carbocycles. The number of hydrogen-bond acceptors (Lipinski definition) is 4. The van der Waals surface area contributed by atoms with Crippen molar-refractivity contribution in [3.63, 3.8) is 0 Å². The van der Waals surface area contributed by atoms with Gasteiger partial charge in [-0.25, -0.2) is 4.79 Å². The van der Waals surface area contributed by atoms with Crippen LogP contribution in [0.15, 0.2) is 62.7 Å². The van der Waals surface area contributed by atoms with Crippen molar-refractivity contribution in [3.8, 4) is 5.75 Å². The van der Waals surface area contributed by atoms with Gasteiger partial charge in [0.2, 0.25) is 0 Å². The minimum Gasteiger partial charge on any atom is -0.493 e. The first-order valence-electron chi connectivity index (χ1n) is 7.23. The molecule has 0 atom stereocenters. The molecule has 1 heterocycles. The Kier molecular flexibility index (Phi) is 4.53. The molecule has 1 aromatic heterocycles. The number of halogens is 1. The number of benzene rings is 2. The Labute approximate surface area is 143 Å². The number of fused-ring (bicyclic) bond motifs is 1. The smallest absolute Gasteiger partial charge is 0.347 e. The maximum Gasteiger partial charge on any atom is 0.347 e. The molecule has 0 aliphatic rings. The number of para-hydroxylation sites is 1. The second-order valence-electron chi connectivity index (χ2n) is 5.03. The molecule has 0 unspecified atom stereocenters. The van der Waals surface area contributed by atoms with E-state index in [1.165, 1.54) is 7.11 Å². The summed E-state index contributed by atoms with van der Waals surface area (Å²) in [5, 5.41) is 4.43. The first-order chi connectivity index (χ1) is 11.6. The lowest BCUT2D eigenvalue weighted by atomic mass is 10.1. The number of ether oxygens (including phenoxy) is 1. The minimum absolute atomic E-state index is 0.332. The number of aliphatic imine (C=N–C) groups is 1. The van der Waals surface area contributed by atoms with E-state index in [-0.39, 0.29) is 0 Å². The van der Waals surface area contributed by atoms with Gasteiger partial charge in [0.15, 0.2) is 11.3 Å². The van der Waals surface area contributed by atoms with Gasteiger partial charge in [-0.2, -0.15) is 0 Å². The molecule has 0 radical (unpaired) electrons.